The van der Waals surface area contributed by atoms with Crippen LogP contribution in [0.5, 0.6) is 0 Å². The van der Waals surface area contributed by atoms with Gasteiger partial charge in [-0.3, -0.25) is 4.99 Å². The third-order valence-electron chi connectivity index (χ3n) is 5.58. The molecule has 4 N–H and O–H groups in total. The van der Waals surface area contributed by atoms with E-state index in [0.717, 1.165) is 32.6 Å². The zero-order chi connectivity index (χ0) is 25.3. The first kappa shape index (κ1) is 24.5. The molecule has 35 heavy (non-hydrogen) atoms. The lowest BCUT2D eigenvalue weighted by molar-refractivity contribution is 0.0691. The van der Waals surface area contributed by atoms with E-state index in [2.05, 4.69) is 24.2 Å². The smallest absolute Gasteiger partial charge is 0.356 e. The number of nitrogen functional groups attached to an aromatic ring is 1. The lowest BCUT2D eigenvalue weighted by atomic mass is 10.0. The first-order valence-electron chi connectivity index (χ1n) is 10.8. The van der Waals surface area contributed by atoms with E-state index >= 15 is 0 Å². The summed E-state index contributed by atoms with van der Waals surface area (Å²) in [5.41, 5.74) is 11.1. The van der Waals surface area contributed by atoms with Gasteiger partial charge in [0.2, 0.25) is 0 Å². The van der Waals surface area contributed by atoms with Gasteiger partial charge < -0.3 is 20.6 Å². The number of anilines is 2. The number of fused-ring (bicyclic) bond motifs is 1. The zero-order valence-electron chi connectivity index (χ0n) is 19.4. The number of hydrogen-bond donors (Lipinski definition) is 3. The van der Waals surface area contributed by atoms with Crippen molar-refractivity contribution in [1.82, 2.24) is 4.98 Å². The van der Waals surface area contributed by atoms with E-state index in [0.29, 0.717) is 22.7 Å². The zero-order valence-corrected chi connectivity index (χ0v) is 21.1. The Balaban J connectivity index is 1.85. The highest BCUT2D eigenvalue weighted by molar-refractivity contribution is 7.07. The van der Waals surface area contributed by atoms with Gasteiger partial charge in [-0.15, -0.1) is 8.86 Å². The number of benzene rings is 2. The first-order chi connectivity index (χ1) is 16.7. The maximum absolute atomic E-state index is 11.7. The molecule has 0 bridgehead atoms. The normalized spacial score (nSPS) is 12.2. The molecular formula is C26H24ClN4O3P. The summed E-state index contributed by atoms with van der Waals surface area (Å²) in [7, 11) is 5.45. The summed E-state index contributed by atoms with van der Waals surface area (Å²) in [5, 5.41) is 13.8. The van der Waals surface area contributed by atoms with Crippen molar-refractivity contribution in [3.05, 3.63) is 81.0 Å². The molecule has 0 aliphatic rings. The number of nitrogens with two attached hydrogens (primary N) is 1. The van der Waals surface area contributed by atoms with Crippen molar-refractivity contribution in [2.24, 2.45) is 4.99 Å². The molecule has 0 aliphatic heterocycles. The number of halogens is 1. The number of pyridine rings is 1. The lowest BCUT2D eigenvalue weighted by Gasteiger charge is -2.19. The number of hydrogen-bond acceptors (Lipinski definition) is 6. The second-order valence-electron chi connectivity index (χ2n) is 8.19. The minimum absolute atomic E-state index is 0.112. The molecule has 1 atom stereocenters. The van der Waals surface area contributed by atoms with E-state index in [9.17, 15) is 9.90 Å². The first-order valence-corrected chi connectivity index (χ1v) is 11.7. The number of carbonyl (C=O) groups is 1. The second-order valence-corrected chi connectivity index (χ2v) is 9.11. The van der Waals surface area contributed by atoms with E-state index in [4.69, 9.17) is 21.8 Å². The van der Waals surface area contributed by atoms with Crippen molar-refractivity contribution in [1.29, 1.82) is 0 Å². The van der Waals surface area contributed by atoms with Crippen LogP contribution in [0.15, 0.2) is 57.9 Å². The van der Waals surface area contributed by atoms with E-state index < -0.39 is 5.97 Å². The third kappa shape index (κ3) is 5.06. The number of nitrogens with zero attached hydrogens (tertiary/aromatic N) is 2. The van der Waals surface area contributed by atoms with Crippen molar-refractivity contribution in [3.63, 3.8) is 0 Å². The standard InChI is InChI=1S/C26H24ClN4O3P/c1-13-8-17(14(2)30-20-6-7-23(27)31-24(20)26(32)33)25-18(9-13)22(35)11-21(34-25)15-4-5-19(28)16(10-15)12-29-3/h4-12,14,30,35H,28H2,1-3H3,(H,32,33). The monoisotopic (exact) mass is 506 g/mol. The summed E-state index contributed by atoms with van der Waals surface area (Å²) in [6.45, 7) is 3.93. The number of rotatable bonds is 6. The van der Waals surface area contributed by atoms with E-state index in [-0.39, 0.29) is 16.9 Å². The van der Waals surface area contributed by atoms with Gasteiger partial charge in [0.1, 0.15) is 16.5 Å². The lowest BCUT2D eigenvalue weighted by Crippen LogP contribution is -2.13. The van der Waals surface area contributed by atoms with Crippen molar-refractivity contribution in [2.45, 2.75) is 19.9 Å². The molecule has 0 saturated heterocycles. The highest BCUT2D eigenvalue weighted by atomic mass is 35.5. The Morgan fingerprint density at radius 3 is 2.74 bits per heavy atom. The maximum Gasteiger partial charge on any atom is 0.356 e. The molecule has 0 amide bonds. The molecule has 0 saturated carbocycles. The topological polar surface area (TPSA) is 114 Å². The Kier molecular flexibility index (Phi) is 6.92. The molecule has 0 aliphatic carbocycles. The molecule has 2 heterocycles. The summed E-state index contributed by atoms with van der Waals surface area (Å²) in [5.74, 6) is -0.523. The molecule has 4 aromatic rings. The molecule has 4 rings (SSSR count). The highest BCUT2D eigenvalue weighted by Crippen LogP contribution is 2.34. The average molecular weight is 507 g/mol. The van der Waals surface area contributed by atoms with Gasteiger partial charge >= 0.3 is 5.97 Å². The molecule has 2 aromatic heterocycles. The van der Waals surface area contributed by atoms with Crippen molar-refractivity contribution in [2.75, 3.05) is 18.1 Å². The molecule has 2 aromatic carbocycles. The summed E-state index contributed by atoms with van der Waals surface area (Å²) >= 11 is 5.91. The molecular weight excluding hydrogens is 483 g/mol. The van der Waals surface area contributed by atoms with Gasteiger partial charge in [0, 0.05) is 46.0 Å². The van der Waals surface area contributed by atoms with Crippen molar-refractivity contribution >= 4 is 55.0 Å². The molecule has 0 fully saturated rings. The summed E-state index contributed by atoms with van der Waals surface area (Å²) in [4.78, 5) is 20.6. The number of aryl methyl sites for hydroxylation is 1. The van der Waals surface area contributed by atoms with Gasteiger partial charge in [0.05, 0.1) is 11.7 Å². The van der Waals surface area contributed by atoms with E-state index in [1.165, 1.54) is 0 Å². The van der Waals surface area contributed by atoms with Crippen LogP contribution in [0.3, 0.4) is 0 Å². The van der Waals surface area contributed by atoms with E-state index in [1.807, 2.05) is 50.2 Å². The van der Waals surface area contributed by atoms with Crippen LogP contribution in [-0.4, -0.2) is 29.3 Å². The Hall–Kier alpha value is -3.67. The Morgan fingerprint density at radius 2 is 2.03 bits per heavy atom. The predicted molar refractivity (Wildman–Crippen MR) is 144 cm³/mol. The number of aliphatic imine (C=N–C) groups is 1. The number of aromatic carboxylic acids is 1. The maximum atomic E-state index is 11.7. The van der Waals surface area contributed by atoms with Crippen LogP contribution < -0.4 is 11.1 Å². The fraction of sp³-hybridized carbons (Fsp3) is 0.154. The van der Waals surface area contributed by atoms with Crippen molar-refractivity contribution < 1.29 is 14.3 Å². The predicted octanol–water partition coefficient (Wildman–Crippen LogP) is 6.63. The minimum Gasteiger partial charge on any atom is -0.476 e. The fourth-order valence-corrected chi connectivity index (χ4v) is 4.40. The minimum atomic E-state index is -1.17. The molecule has 9 heteroatoms. The Labute approximate surface area is 209 Å². The van der Waals surface area contributed by atoms with Gasteiger partial charge in [0.25, 0.3) is 0 Å². The quantitative estimate of drug-likeness (QED) is 0.117. The molecule has 1 unspecified atom stereocenters. The van der Waals surface area contributed by atoms with Gasteiger partial charge in [-0.2, -0.15) is 0 Å². The fourth-order valence-electron chi connectivity index (χ4n) is 3.93. The van der Waals surface area contributed by atoms with Crippen LogP contribution in [0.4, 0.5) is 11.4 Å². The third-order valence-corrected chi connectivity index (χ3v) is 6.21. The SMILES string of the molecule is CN=Cc1cc(-c2cc(=P)c3cc(C)cc(C(C)Nc4ccc(Cl)nc4C(=O)O)c3o2)ccc1N. The van der Waals surface area contributed by atoms with Crippen LogP contribution in [-0.2, 0) is 0 Å². The van der Waals surface area contributed by atoms with Crippen LogP contribution in [0.2, 0.25) is 5.15 Å². The average Bonchev–Trinajstić information content (AvgIpc) is 2.81. The van der Waals surface area contributed by atoms with Gasteiger partial charge in [-0.25, -0.2) is 9.78 Å². The van der Waals surface area contributed by atoms with Crippen LogP contribution >= 0.6 is 20.5 Å². The highest BCUT2D eigenvalue weighted by Gasteiger charge is 2.19. The Bertz CT molecular complexity index is 1550. The molecule has 7 nitrogen and oxygen atoms in total. The summed E-state index contributed by atoms with van der Waals surface area (Å²) < 4.78 is 6.43. The van der Waals surface area contributed by atoms with Crippen LogP contribution in [0, 0.1) is 11.9 Å². The van der Waals surface area contributed by atoms with E-state index in [1.54, 1.807) is 25.4 Å². The number of aromatic nitrogens is 1. The molecule has 0 radical (unpaired) electrons. The van der Waals surface area contributed by atoms with Gasteiger partial charge in [-0.05, 0) is 61.9 Å². The molecule has 0 spiro atoms. The number of carboxylic acids is 1. The summed E-state index contributed by atoms with van der Waals surface area (Å²) in [6.07, 6.45) is 1.70. The summed E-state index contributed by atoms with van der Waals surface area (Å²) in [6, 6.07) is 14.5. The van der Waals surface area contributed by atoms with Crippen LogP contribution in [0.1, 0.15) is 40.1 Å². The van der Waals surface area contributed by atoms with Crippen LogP contribution in [0.25, 0.3) is 22.3 Å². The van der Waals surface area contributed by atoms with Crippen molar-refractivity contribution in [3.8, 4) is 11.3 Å². The number of carboxylic acid groups (broad SMARTS) is 1. The van der Waals surface area contributed by atoms with Gasteiger partial charge in [0.15, 0.2) is 5.69 Å². The number of nitrogens with one attached hydrogen (secondary N) is 1. The second kappa shape index (κ2) is 9.90. The molecule has 178 valence electrons. The Morgan fingerprint density at radius 1 is 1.26 bits per heavy atom. The largest absolute Gasteiger partial charge is 0.476 e. The van der Waals surface area contributed by atoms with Gasteiger partial charge in [-0.1, -0.05) is 17.7 Å².